The number of rotatable bonds is 14. The summed E-state index contributed by atoms with van der Waals surface area (Å²) in [5.41, 5.74) is 4.83. The maximum atomic E-state index is 13.8. The van der Waals surface area contributed by atoms with Gasteiger partial charge in [0.25, 0.3) is 5.91 Å². The molecule has 2 aromatic carbocycles. The Labute approximate surface area is 244 Å². The first-order valence-electron chi connectivity index (χ1n) is 14.1. The maximum absolute atomic E-state index is 13.8. The summed E-state index contributed by atoms with van der Waals surface area (Å²) in [5, 5.41) is 24.5. The van der Waals surface area contributed by atoms with Crippen LogP contribution in [0.15, 0.2) is 65.3 Å². The fourth-order valence-electron chi connectivity index (χ4n) is 4.37. The van der Waals surface area contributed by atoms with E-state index in [2.05, 4.69) is 38.2 Å². The second-order valence-corrected chi connectivity index (χ2v) is 11.4. The third kappa shape index (κ3) is 9.20. The quantitative estimate of drug-likeness (QED) is 0.0884. The number of para-hydroxylation sites is 1. The van der Waals surface area contributed by atoms with Gasteiger partial charge < -0.3 is 20.4 Å². The Hall–Kier alpha value is -3.61. The molecular weight excluding hydrogens is 539 g/mol. The van der Waals surface area contributed by atoms with Gasteiger partial charge in [0.1, 0.15) is 23.8 Å². The Kier molecular flexibility index (Phi) is 12.0. The molecule has 3 N–H and O–H groups in total. The molecule has 0 aromatic heterocycles. The van der Waals surface area contributed by atoms with E-state index in [0.29, 0.717) is 5.69 Å². The number of allylic oxidation sites excluding steroid dienone is 5. The molecule has 0 bridgehead atoms. The fraction of sp³-hybridized carbons (Fsp3) is 0.406. The van der Waals surface area contributed by atoms with Crippen LogP contribution in [-0.2, 0) is 9.09 Å². The average molecular weight is 582 g/mol. The number of unbranched alkanes of at least 4 members (excludes halogenated alkanes) is 1. The predicted octanol–water partition coefficient (Wildman–Crippen LogP) is 9.07. The number of amides is 1. The van der Waals surface area contributed by atoms with Crippen LogP contribution in [-0.4, -0.2) is 29.3 Å². The first-order valence-corrected chi connectivity index (χ1v) is 15.2. The van der Waals surface area contributed by atoms with Crippen molar-refractivity contribution in [2.45, 2.75) is 73.1 Å². The minimum Gasteiger partial charge on any atom is -0.506 e. The van der Waals surface area contributed by atoms with Crippen LogP contribution in [0.1, 0.15) is 83.5 Å². The molecule has 0 aliphatic carbocycles. The molecule has 1 heterocycles. The number of anilines is 3. The van der Waals surface area contributed by atoms with Crippen LogP contribution in [0.3, 0.4) is 0 Å². The van der Waals surface area contributed by atoms with Crippen molar-refractivity contribution in [3.8, 4) is 17.2 Å². The zero-order valence-corrected chi connectivity index (χ0v) is 25.6. The smallest absolute Gasteiger partial charge is 0.506 e. The third-order valence-electron chi connectivity index (χ3n) is 6.75. The van der Waals surface area contributed by atoms with Crippen molar-refractivity contribution >= 4 is 31.2 Å². The third-order valence-corrected chi connectivity index (χ3v) is 7.50. The standard InChI is InChI=1S/C32H41N2O6P/c1-6-7-19-39-41(38)40-25-20-27-31(29(36)21-25)33-30-26(15-10-16-28(30)35)32(37)34(27)18-17-24(5)14-9-13-23(4)12-8-11-22(2)3/h10-11,13,15-17,20-21H,6-9,12,14,18-19H2,1-5H3,(H2-,33,35,36,37)/p+1/b23-13+,24-17+. The summed E-state index contributed by atoms with van der Waals surface area (Å²) < 4.78 is 23.0. The summed E-state index contributed by atoms with van der Waals surface area (Å²) in [7, 11) is -2.46. The first kappa shape index (κ1) is 31.9. The number of benzene rings is 2. The number of nitrogens with zero attached hydrogens (tertiary/aromatic N) is 1. The molecule has 0 spiro atoms. The summed E-state index contributed by atoms with van der Waals surface area (Å²) >= 11 is 0. The lowest BCUT2D eigenvalue weighted by atomic mass is 10.1. The van der Waals surface area contributed by atoms with Gasteiger partial charge in [0.2, 0.25) is 0 Å². The minimum absolute atomic E-state index is 0.100. The summed E-state index contributed by atoms with van der Waals surface area (Å²) in [6, 6.07) is 7.54. The van der Waals surface area contributed by atoms with Crippen molar-refractivity contribution in [1.82, 2.24) is 0 Å². The Bertz CT molecular complexity index is 1340. The van der Waals surface area contributed by atoms with E-state index in [1.165, 1.54) is 28.2 Å². The van der Waals surface area contributed by atoms with Crippen molar-refractivity contribution in [3.05, 3.63) is 70.8 Å². The molecule has 1 aliphatic rings. The molecule has 0 saturated carbocycles. The molecule has 1 unspecified atom stereocenters. The van der Waals surface area contributed by atoms with Gasteiger partial charge >= 0.3 is 8.25 Å². The molecule has 3 rings (SSSR count). The van der Waals surface area contributed by atoms with E-state index < -0.39 is 8.25 Å². The molecule has 1 amide bonds. The molecule has 1 atom stereocenters. The van der Waals surface area contributed by atoms with E-state index in [0.717, 1.165) is 44.1 Å². The Morgan fingerprint density at radius 2 is 1.68 bits per heavy atom. The number of aromatic hydroxyl groups is 2. The van der Waals surface area contributed by atoms with E-state index in [9.17, 15) is 19.6 Å². The molecule has 0 fully saturated rings. The molecule has 41 heavy (non-hydrogen) atoms. The van der Waals surface area contributed by atoms with Crippen LogP contribution in [0.4, 0.5) is 17.1 Å². The molecule has 0 radical (unpaired) electrons. The monoisotopic (exact) mass is 581 g/mol. The largest absolute Gasteiger partial charge is 0.750 e. The SMILES string of the molecule is CCCCO[P+](=O)Oc1cc(O)c2c(c1)N(C/C=C(\C)CC/C=C(\C)CCC=C(C)C)C(=O)c1cccc(O)c1N2. The molecule has 1 aliphatic heterocycles. The van der Waals surface area contributed by atoms with Gasteiger partial charge in [0, 0.05) is 23.2 Å². The fourth-order valence-corrected chi connectivity index (χ4v) is 4.98. The van der Waals surface area contributed by atoms with Crippen molar-refractivity contribution in [2.75, 3.05) is 23.4 Å². The Morgan fingerprint density at radius 3 is 2.39 bits per heavy atom. The number of carbonyl (C=O) groups is 1. The number of phenolic OH excluding ortho intramolecular Hbond substituents is 2. The Balaban J connectivity index is 1.85. The van der Waals surface area contributed by atoms with Gasteiger partial charge in [-0.2, -0.15) is 0 Å². The number of hydrogen-bond donors (Lipinski definition) is 3. The lowest BCUT2D eigenvalue weighted by Gasteiger charge is -2.22. The van der Waals surface area contributed by atoms with Gasteiger partial charge in [-0.1, -0.05) is 54.4 Å². The first-order chi connectivity index (χ1) is 19.6. The van der Waals surface area contributed by atoms with Gasteiger partial charge in [0.15, 0.2) is 5.75 Å². The van der Waals surface area contributed by atoms with Crippen LogP contribution in [0.2, 0.25) is 0 Å². The van der Waals surface area contributed by atoms with Gasteiger partial charge in [-0.3, -0.25) is 4.79 Å². The topological polar surface area (TPSA) is 108 Å². The number of hydrogen-bond acceptors (Lipinski definition) is 7. The lowest BCUT2D eigenvalue weighted by Crippen LogP contribution is -2.30. The van der Waals surface area contributed by atoms with Crippen LogP contribution in [0, 0.1) is 0 Å². The molecule has 8 nitrogen and oxygen atoms in total. The lowest BCUT2D eigenvalue weighted by molar-refractivity contribution is 0.0991. The number of nitrogens with one attached hydrogen (secondary N) is 1. The number of phenols is 2. The van der Waals surface area contributed by atoms with Crippen LogP contribution in [0.5, 0.6) is 17.2 Å². The average Bonchev–Trinajstić information content (AvgIpc) is 3.02. The Morgan fingerprint density at radius 1 is 0.976 bits per heavy atom. The van der Waals surface area contributed by atoms with Gasteiger partial charge in [0.05, 0.1) is 16.9 Å². The highest BCUT2D eigenvalue weighted by molar-refractivity contribution is 7.33. The molecule has 2 aromatic rings. The second kappa shape index (κ2) is 15.4. The summed E-state index contributed by atoms with van der Waals surface area (Å²) in [6.07, 6.45) is 11.9. The van der Waals surface area contributed by atoms with E-state index in [1.54, 1.807) is 18.2 Å². The maximum Gasteiger partial charge on any atom is 0.750 e. The highest BCUT2D eigenvalue weighted by Crippen LogP contribution is 2.47. The normalized spacial score (nSPS) is 13.6. The van der Waals surface area contributed by atoms with E-state index in [4.69, 9.17) is 9.05 Å². The number of carbonyl (C=O) groups excluding carboxylic acids is 1. The summed E-state index contributed by atoms with van der Waals surface area (Å²) in [6.45, 7) is 10.9. The van der Waals surface area contributed by atoms with E-state index >= 15 is 0 Å². The van der Waals surface area contributed by atoms with Gasteiger partial charge in [-0.05, 0) is 71.9 Å². The minimum atomic E-state index is -2.46. The zero-order valence-electron chi connectivity index (χ0n) is 24.7. The van der Waals surface area contributed by atoms with Gasteiger partial charge in [-0.15, -0.1) is 4.52 Å². The van der Waals surface area contributed by atoms with Crippen LogP contribution < -0.4 is 14.7 Å². The van der Waals surface area contributed by atoms with E-state index in [1.807, 2.05) is 19.9 Å². The molecule has 220 valence electrons. The van der Waals surface area contributed by atoms with Crippen LogP contribution in [0.25, 0.3) is 0 Å². The second-order valence-electron chi connectivity index (χ2n) is 10.5. The summed E-state index contributed by atoms with van der Waals surface area (Å²) in [4.78, 5) is 15.3. The van der Waals surface area contributed by atoms with Crippen molar-refractivity contribution in [2.24, 2.45) is 0 Å². The highest BCUT2D eigenvalue weighted by atomic mass is 31.1. The molecule has 9 heteroatoms. The predicted molar refractivity (Wildman–Crippen MR) is 166 cm³/mol. The summed E-state index contributed by atoms with van der Waals surface area (Å²) in [5.74, 6) is -0.601. The number of fused-ring (bicyclic) bond motifs is 2. The van der Waals surface area contributed by atoms with E-state index in [-0.39, 0.29) is 53.2 Å². The van der Waals surface area contributed by atoms with Crippen molar-refractivity contribution in [1.29, 1.82) is 0 Å². The van der Waals surface area contributed by atoms with Crippen molar-refractivity contribution < 1.29 is 28.6 Å². The van der Waals surface area contributed by atoms with Crippen molar-refractivity contribution in [3.63, 3.8) is 0 Å². The van der Waals surface area contributed by atoms with Gasteiger partial charge in [-0.25, -0.2) is 4.52 Å². The molecular formula is C32H42N2O6P+. The zero-order chi connectivity index (χ0) is 29.9. The molecule has 0 saturated heterocycles. The van der Waals surface area contributed by atoms with Crippen LogP contribution >= 0.6 is 8.25 Å². The highest BCUT2D eigenvalue weighted by Gasteiger charge is 2.32.